The Labute approximate surface area is 186 Å². The van der Waals surface area contributed by atoms with Crippen molar-refractivity contribution in [3.05, 3.63) is 78.1 Å². The minimum Gasteiger partial charge on any atom is -0.497 e. The van der Waals surface area contributed by atoms with Crippen molar-refractivity contribution in [1.29, 1.82) is 0 Å². The van der Waals surface area contributed by atoms with Crippen LogP contribution in [0.1, 0.15) is 16.2 Å². The lowest BCUT2D eigenvalue weighted by Gasteiger charge is -2.30. The Morgan fingerprint density at radius 1 is 0.969 bits per heavy atom. The molecule has 1 aliphatic heterocycles. The van der Waals surface area contributed by atoms with Crippen LogP contribution in [0.2, 0.25) is 0 Å². The van der Waals surface area contributed by atoms with Crippen LogP contribution in [-0.4, -0.2) is 36.2 Å². The predicted molar refractivity (Wildman–Crippen MR) is 125 cm³/mol. The summed E-state index contributed by atoms with van der Waals surface area (Å²) in [6.45, 7) is 2.44. The molecule has 0 atom stereocenters. The number of methoxy groups -OCH3 is 2. The lowest BCUT2D eigenvalue weighted by atomic mass is 10.2. The maximum absolute atomic E-state index is 12.7. The normalized spacial score (nSPS) is 13.0. The van der Waals surface area contributed by atoms with E-state index in [9.17, 15) is 4.79 Å². The average Bonchev–Trinajstić information content (AvgIpc) is 3.20. The van der Waals surface area contributed by atoms with Crippen LogP contribution in [0.5, 0.6) is 11.5 Å². The first kappa shape index (κ1) is 19.9. The number of hydrogen-bond acceptors (Lipinski definition) is 5. The molecule has 3 aromatic carbocycles. The van der Waals surface area contributed by atoms with Gasteiger partial charge in [0.15, 0.2) is 0 Å². The lowest BCUT2D eigenvalue weighted by molar-refractivity contribution is 0.102. The summed E-state index contributed by atoms with van der Waals surface area (Å²) in [6.07, 6.45) is 0. The number of aromatic nitrogens is 2. The standard InChI is InChI=1S/C25H24N4O3/c1-31-19-7-5-6-18(15-19)28-12-13-29-22-11-10-17(14-21(22)27-24(29)16-28)26-25(30)20-8-3-4-9-23(20)32-2/h3-11,14-15H,12-13,16H2,1-2H3,(H,26,30). The third kappa shape index (κ3) is 3.62. The van der Waals surface area contributed by atoms with Gasteiger partial charge >= 0.3 is 0 Å². The number of rotatable bonds is 5. The van der Waals surface area contributed by atoms with Crippen LogP contribution < -0.4 is 19.7 Å². The van der Waals surface area contributed by atoms with E-state index in [1.165, 1.54) is 0 Å². The van der Waals surface area contributed by atoms with E-state index in [-0.39, 0.29) is 5.91 Å². The Kier molecular flexibility index (Phi) is 5.15. The van der Waals surface area contributed by atoms with Crippen molar-refractivity contribution < 1.29 is 14.3 Å². The van der Waals surface area contributed by atoms with Crippen LogP contribution in [0.4, 0.5) is 11.4 Å². The number of anilines is 2. The van der Waals surface area contributed by atoms with Gasteiger partial charge in [0.05, 0.1) is 37.4 Å². The van der Waals surface area contributed by atoms with Gasteiger partial charge in [-0.05, 0) is 42.5 Å². The molecule has 0 unspecified atom stereocenters. The molecule has 32 heavy (non-hydrogen) atoms. The quantitative estimate of drug-likeness (QED) is 0.513. The summed E-state index contributed by atoms with van der Waals surface area (Å²) in [6, 6.07) is 21.1. The minimum absolute atomic E-state index is 0.213. The molecule has 2 heterocycles. The number of nitrogens with zero attached hydrogens (tertiary/aromatic N) is 3. The van der Waals surface area contributed by atoms with Crippen LogP contribution in [0.15, 0.2) is 66.7 Å². The van der Waals surface area contributed by atoms with Gasteiger partial charge in [-0.3, -0.25) is 4.79 Å². The summed E-state index contributed by atoms with van der Waals surface area (Å²) in [4.78, 5) is 19.9. The molecule has 0 saturated carbocycles. The summed E-state index contributed by atoms with van der Waals surface area (Å²) < 4.78 is 12.9. The molecule has 0 saturated heterocycles. The van der Waals surface area contributed by atoms with Crippen LogP contribution in [0.3, 0.4) is 0 Å². The zero-order valence-electron chi connectivity index (χ0n) is 18.0. The Morgan fingerprint density at radius 3 is 2.69 bits per heavy atom. The van der Waals surface area contributed by atoms with E-state index in [0.29, 0.717) is 23.5 Å². The number of amides is 1. The number of imidazole rings is 1. The first-order valence-corrected chi connectivity index (χ1v) is 10.5. The number of nitrogens with one attached hydrogen (secondary N) is 1. The molecular formula is C25H24N4O3. The molecule has 1 aromatic heterocycles. The fourth-order valence-electron chi connectivity index (χ4n) is 4.16. The number of benzene rings is 3. The van der Waals surface area contributed by atoms with Crippen molar-refractivity contribution in [3.63, 3.8) is 0 Å². The van der Waals surface area contributed by atoms with E-state index in [2.05, 4.69) is 20.9 Å². The van der Waals surface area contributed by atoms with E-state index in [0.717, 1.165) is 41.4 Å². The summed E-state index contributed by atoms with van der Waals surface area (Å²) in [5, 5.41) is 2.96. The summed E-state index contributed by atoms with van der Waals surface area (Å²) in [5.41, 5.74) is 4.25. The molecule has 1 N–H and O–H groups in total. The monoisotopic (exact) mass is 428 g/mol. The Bertz CT molecular complexity index is 1300. The molecule has 1 aliphatic rings. The van der Waals surface area contributed by atoms with E-state index >= 15 is 0 Å². The highest BCUT2D eigenvalue weighted by Crippen LogP contribution is 2.28. The van der Waals surface area contributed by atoms with Crippen molar-refractivity contribution >= 4 is 28.3 Å². The molecule has 7 nitrogen and oxygen atoms in total. The van der Waals surface area contributed by atoms with Crippen LogP contribution >= 0.6 is 0 Å². The van der Waals surface area contributed by atoms with E-state index in [4.69, 9.17) is 14.5 Å². The van der Waals surface area contributed by atoms with Gasteiger partial charge in [-0.15, -0.1) is 0 Å². The zero-order valence-corrected chi connectivity index (χ0v) is 18.0. The highest BCUT2D eigenvalue weighted by Gasteiger charge is 2.21. The average molecular weight is 428 g/mol. The Hall–Kier alpha value is -4.00. The van der Waals surface area contributed by atoms with Gasteiger partial charge < -0.3 is 24.3 Å². The van der Waals surface area contributed by atoms with Crippen molar-refractivity contribution in [3.8, 4) is 11.5 Å². The lowest BCUT2D eigenvalue weighted by Crippen LogP contribution is -2.33. The van der Waals surface area contributed by atoms with Gasteiger partial charge in [-0.2, -0.15) is 0 Å². The maximum atomic E-state index is 12.7. The van der Waals surface area contributed by atoms with Crippen molar-refractivity contribution in [1.82, 2.24) is 9.55 Å². The minimum atomic E-state index is -0.213. The molecule has 7 heteroatoms. The predicted octanol–water partition coefficient (Wildman–Crippen LogP) is 4.33. The summed E-state index contributed by atoms with van der Waals surface area (Å²) >= 11 is 0. The third-order valence-corrected chi connectivity index (χ3v) is 5.78. The SMILES string of the molecule is COc1cccc(N2CCn3c(nc4cc(NC(=O)c5ccccc5OC)ccc43)C2)c1. The van der Waals surface area contributed by atoms with E-state index in [1.807, 2.05) is 48.5 Å². The molecule has 0 spiro atoms. The molecule has 0 fully saturated rings. The molecule has 4 aromatic rings. The second-order valence-corrected chi connectivity index (χ2v) is 7.66. The number of hydrogen-bond donors (Lipinski definition) is 1. The molecular weight excluding hydrogens is 404 g/mol. The van der Waals surface area contributed by atoms with Gasteiger partial charge in [0, 0.05) is 30.5 Å². The summed E-state index contributed by atoms with van der Waals surface area (Å²) in [5.74, 6) is 2.18. The van der Waals surface area contributed by atoms with Gasteiger partial charge in [-0.1, -0.05) is 18.2 Å². The fraction of sp³-hybridized carbons (Fsp3) is 0.200. The van der Waals surface area contributed by atoms with Crippen LogP contribution in [-0.2, 0) is 13.1 Å². The van der Waals surface area contributed by atoms with Crippen LogP contribution in [0, 0.1) is 0 Å². The molecule has 1 amide bonds. The van der Waals surface area contributed by atoms with Crippen molar-refractivity contribution in [2.24, 2.45) is 0 Å². The molecule has 0 radical (unpaired) electrons. The largest absolute Gasteiger partial charge is 0.497 e. The highest BCUT2D eigenvalue weighted by molar-refractivity contribution is 6.06. The van der Waals surface area contributed by atoms with Crippen molar-refractivity contribution in [2.45, 2.75) is 13.1 Å². The number of para-hydroxylation sites is 1. The molecule has 162 valence electrons. The molecule has 0 bridgehead atoms. The Morgan fingerprint density at radius 2 is 1.84 bits per heavy atom. The number of carbonyl (C=O) groups is 1. The second-order valence-electron chi connectivity index (χ2n) is 7.66. The molecule has 5 rings (SSSR count). The smallest absolute Gasteiger partial charge is 0.259 e. The Balaban J connectivity index is 1.39. The summed E-state index contributed by atoms with van der Waals surface area (Å²) in [7, 11) is 3.24. The number of ether oxygens (including phenoxy) is 2. The fourth-order valence-corrected chi connectivity index (χ4v) is 4.16. The van der Waals surface area contributed by atoms with E-state index in [1.54, 1.807) is 26.4 Å². The third-order valence-electron chi connectivity index (χ3n) is 5.78. The first-order chi connectivity index (χ1) is 15.7. The second kappa shape index (κ2) is 8.26. The number of fused-ring (bicyclic) bond motifs is 3. The van der Waals surface area contributed by atoms with Gasteiger partial charge in [0.1, 0.15) is 17.3 Å². The van der Waals surface area contributed by atoms with Crippen molar-refractivity contribution in [2.75, 3.05) is 31.0 Å². The van der Waals surface area contributed by atoms with Gasteiger partial charge in [-0.25, -0.2) is 4.98 Å². The van der Waals surface area contributed by atoms with Crippen LogP contribution in [0.25, 0.3) is 11.0 Å². The van der Waals surface area contributed by atoms with E-state index < -0.39 is 0 Å². The highest BCUT2D eigenvalue weighted by atomic mass is 16.5. The van der Waals surface area contributed by atoms with Gasteiger partial charge in [0.2, 0.25) is 0 Å². The maximum Gasteiger partial charge on any atom is 0.259 e. The number of carbonyl (C=O) groups excluding carboxylic acids is 1. The first-order valence-electron chi connectivity index (χ1n) is 10.5. The van der Waals surface area contributed by atoms with Gasteiger partial charge in [0.25, 0.3) is 5.91 Å². The molecule has 0 aliphatic carbocycles. The zero-order chi connectivity index (χ0) is 22.1. The topological polar surface area (TPSA) is 68.6 Å².